The fourth-order valence-corrected chi connectivity index (χ4v) is 2.69. The molecule has 1 heterocycles. The lowest BCUT2D eigenvalue weighted by Gasteiger charge is -2.29. The van der Waals surface area contributed by atoms with E-state index in [1.54, 1.807) is 0 Å². The summed E-state index contributed by atoms with van der Waals surface area (Å²) in [6.07, 6.45) is 2.14. The molecule has 5 nitrogen and oxygen atoms in total. The molecule has 1 aliphatic rings. The van der Waals surface area contributed by atoms with Gasteiger partial charge < -0.3 is 10.2 Å². The lowest BCUT2D eigenvalue weighted by Crippen LogP contribution is -2.33. The van der Waals surface area contributed by atoms with Gasteiger partial charge in [-0.15, -0.1) is 0 Å². The van der Waals surface area contributed by atoms with Crippen LogP contribution < -0.4 is 5.32 Å². The maximum absolute atomic E-state index is 13.4. The molecule has 1 aromatic rings. The highest BCUT2D eigenvalue weighted by molar-refractivity contribution is 9.10. The molecule has 0 saturated carbocycles. The molecule has 0 aliphatic carbocycles. The van der Waals surface area contributed by atoms with Crippen molar-refractivity contribution in [1.29, 1.82) is 0 Å². The number of halogens is 2. The van der Waals surface area contributed by atoms with E-state index in [4.69, 9.17) is 0 Å². The van der Waals surface area contributed by atoms with Gasteiger partial charge in [0.1, 0.15) is 11.5 Å². The Morgan fingerprint density at radius 1 is 1.50 bits per heavy atom. The Labute approximate surface area is 125 Å². The first-order valence-corrected chi connectivity index (χ1v) is 7.32. The number of rotatable bonds is 4. The van der Waals surface area contributed by atoms with Gasteiger partial charge in [-0.2, -0.15) is 0 Å². The second kappa shape index (κ2) is 6.49. The van der Waals surface area contributed by atoms with Gasteiger partial charge in [0.15, 0.2) is 0 Å². The number of likely N-dealkylation sites (tertiary alicyclic amines) is 1. The Hall–Kier alpha value is -1.21. The molecule has 1 aromatic carbocycles. The second-order valence-electron chi connectivity index (χ2n) is 5.17. The number of nitrogens with one attached hydrogen (secondary N) is 1. The number of anilines is 1. The zero-order valence-electron chi connectivity index (χ0n) is 11.2. The van der Waals surface area contributed by atoms with Crippen LogP contribution in [0.1, 0.15) is 12.8 Å². The molecule has 0 bridgehead atoms. The highest BCUT2D eigenvalue weighted by Gasteiger charge is 2.20. The van der Waals surface area contributed by atoms with Crippen LogP contribution in [0, 0.1) is 21.8 Å². The van der Waals surface area contributed by atoms with Gasteiger partial charge in [0.25, 0.3) is 5.69 Å². The van der Waals surface area contributed by atoms with E-state index in [1.165, 1.54) is 6.07 Å². The third kappa shape index (κ3) is 3.67. The largest absolute Gasteiger partial charge is 0.379 e. The lowest BCUT2D eigenvalue weighted by molar-refractivity contribution is -0.384. The second-order valence-corrected chi connectivity index (χ2v) is 6.02. The summed E-state index contributed by atoms with van der Waals surface area (Å²) in [6, 6.07) is 2.38. The summed E-state index contributed by atoms with van der Waals surface area (Å²) in [5.41, 5.74) is 0.140. The number of nitrogens with zero attached hydrogens (tertiary/aromatic N) is 2. The van der Waals surface area contributed by atoms with E-state index in [1.807, 2.05) is 0 Å². The fourth-order valence-electron chi connectivity index (χ4n) is 2.35. The summed E-state index contributed by atoms with van der Waals surface area (Å²) >= 11 is 3.06. The summed E-state index contributed by atoms with van der Waals surface area (Å²) < 4.78 is 13.6. The smallest absolute Gasteiger partial charge is 0.295 e. The van der Waals surface area contributed by atoms with Crippen LogP contribution in [0.25, 0.3) is 0 Å². The predicted molar refractivity (Wildman–Crippen MR) is 79.5 cm³/mol. The topological polar surface area (TPSA) is 58.4 Å². The molecule has 1 aliphatic heterocycles. The number of nitro groups is 1. The van der Waals surface area contributed by atoms with E-state index in [0.29, 0.717) is 18.2 Å². The third-order valence-electron chi connectivity index (χ3n) is 3.65. The molecule has 1 N–H and O–H groups in total. The minimum Gasteiger partial charge on any atom is -0.379 e. The molecule has 1 fully saturated rings. The Morgan fingerprint density at radius 2 is 2.15 bits per heavy atom. The fraction of sp³-hybridized carbons (Fsp3) is 0.538. The van der Waals surface area contributed by atoms with Crippen molar-refractivity contribution in [1.82, 2.24) is 4.90 Å². The SMILES string of the molecule is CN1CCC(CNc2cc(Br)c(F)cc2[N+](=O)[O-])CC1. The van der Waals surface area contributed by atoms with Gasteiger partial charge in [0, 0.05) is 6.54 Å². The highest BCUT2D eigenvalue weighted by atomic mass is 79.9. The summed E-state index contributed by atoms with van der Waals surface area (Å²) in [5, 5.41) is 14.0. The maximum Gasteiger partial charge on any atom is 0.295 e. The molecule has 0 amide bonds. The van der Waals surface area contributed by atoms with Crippen LogP contribution in [0.2, 0.25) is 0 Å². The van der Waals surface area contributed by atoms with Crippen LogP contribution in [0.3, 0.4) is 0 Å². The molecule has 0 unspecified atom stereocenters. The summed E-state index contributed by atoms with van der Waals surface area (Å²) in [4.78, 5) is 12.7. The minimum atomic E-state index is -0.624. The first kappa shape index (κ1) is 15.2. The van der Waals surface area contributed by atoms with Gasteiger partial charge >= 0.3 is 0 Å². The molecular formula is C13H17BrFN3O2. The minimum absolute atomic E-state index is 0.223. The summed E-state index contributed by atoms with van der Waals surface area (Å²) in [6.45, 7) is 2.76. The molecule has 7 heteroatoms. The zero-order valence-corrected chi connectivity index (χ0v) is 12.8. The van der Waals surface area contributed by atoms with Crippen LogP contribution in [0.15, 0.2) is 16.6 Å². The van der Waals surface area contributed by atoms with Gasteiger partial charge in [-0.05, 0) is 60.9 Å². The van der Waals surface area contributed by atoms with Crippen molar-refractivity contribution in [3.05, 3.63) is 32.5 Å². The molecule has 20 heavy (non-hydrogen) atoms. The maximum atomic E-state index is 13.4. The third-order valence-corrected chi connectivity index (χ3v) is 4.26. The van der Waals surface area contributed by atoms with E-state index >= 15 is 0 Å². The Morgan fingerprint density at radius 3 is 2.75 bits per heavy atom. The van der Waals surface area contributed by atoms with E-state index in [2.05, 4.69) is 33.2 Å². The quantitative estimate of drug-likeness (QED) is 0.672. The van der Waals surface area contributed by atoms with E-state index in [-0.39, 0.29) is 10.2 Å². The van der Waals surface area contributed by atoms with Crippen LogP contribution in [-0.2, 0) is 0 Å². The van der Waals surface area contributed by atoms with Gasteiger partial charge in [0.05, 0.1) is 15.5 Å². The summed E-state index contributed by atoms with van der Waals surface area (Å²) in [7, 11) is 2.09. The first-order chi connectivity index (χ1) is 9.47. The van der Waals surface area contributed by atoms with Crippen LogP contribution in [0.4, 0.5) is 15.8 Å². The van der Waals surface area contributed by atoms with Crippen molar-refractivity contribution >= 4 is 27.3 Å². The Bertz CT molecular complexity index is 505. The van der Waals surface area contributed by atoms with Gasteiger partial charge in [-0.1, -0.05) is 0 Å². The number of nitro benzene ring substituents is 1. The molecule has 110 valence electrons. The average Bonchev–Trinajstić information content (AvgIpc) is 2.41. The monoisotopic (exact) mass is 345 g/mol. The van der Waals surface area contributed by atoms with Gasteiger partial charge in [-0.3, -0.25) is 10.1 Å². The van der Waals surface area contributed by atoms with Crippen molar-refractivity contribution in [2.75, 3.05) is 32.0 Å². The molecule has 2 rings (SSSR count). The molecule has 0 radical (unpaired) electrons. The molecular weight excluding hydrogens is 329 g/mol. The number of piperidine rings is 1. The standard InChI is InChI=1S/C13H17BrFN3O2/c1-17-4-2-9(3-5-17)8-16-12-6-10(14)11(15)7-13(12)18(19)20/h6-7,9,16H,2-5,8H2,1H3. The molecule has 1 saturated heterocycles. The summed E-state index contributed by atoms with van der Waals surface area (Å²) in [5.74, 6) is -0.129. The van der Waals surface area contributed by atoms with E-state index in [9.17, 15) is 14.5 Å². The highest BCUT2D eigenvalue weighted by Crippen LogP contribution is 2.31. The number of benzene rings is 1. The van der Waals surface area contributed by atoms with Crippen LogP contribution in [0.5, 0.6) is 0 Å². The first-order valence-electron chi connectivity index (χ1n) is 6.53. The van der Waals surface area contributed by atoms with Gasteiger partial charge in [-0.25, -0.2) is 4.39 Å². The number of hydrogen-bond acceptors (Lipinski definition) is 4. The average molecular weight is 346 g/mol. The molecule has 0 aromatic heterocycles. The predicted octanol–water partition coefficient (Wildman–Crippen LogP) is 3.25. The van der Waals surface area contributed by atoms with Crippen LogP contribution >= 0.6 is 15.9 Å². The van der Waals surface area contributed by atoms with E-state index < -0.39 is 10.7 Å². The Balaban J connectivity index is 2.05. The number of hydrogen-bond donors (Lipinski definition) is 1. The van der Waals surface area contributed by atoms with Crippen molar-refractivity contribution in [3.63, 3.8) is 0 Å². The van der Waals surface area contributed by atoms with Crippen molar-refractivity contribution < 1.29 is 9.31 Å². The zero-order chi connectivity index (χ0) is 14.7. The van der Waals surface area contributed by atoms with Crippen LogP contribution in [-0.4, -0.2) is 36.5 Å². The Kier molecular flexibility index (Phi) is 4.93. The van der Waals surface area contributed by atoms with E-state index in [0.717, 1.165) is 32.0 Å². The van der Waals surface area contributed by atoms with Crippen molar-refractivity contribution in [2.24, 2.45) is 5.92 Å². The normalized spacial score (nSPS) is 17.1. The lowest BCUT2D eigenvalue weighted by atomic mass is 9.97. The van der Waals surface area contributed by atoms with Gasteiger partial charge in [0.2, 0.25) is 0 Å². The van der Waals surface area contributed by atoms with Crippen molar-refractivity contribution in [3.8, 4) is 0 Å². The molecule has 0 spiro atoms. The molecule has 0 atom stereocenters. The van der Waals surface area contributed by atoms with Crippen molar-refractivity contribution in [2.45, 2.75) is 12.8 Å².